The smallest absolute Gasteiger partial charge is 0.222 e. The molecule has 20 heavy (non-hydrogen) atoms. The number of amides is 1. The third-order valence-corrected chi connectivity index (χ3v) is 3.84. The Bertz CT molecular complexity index is 274. The second-order valence-electron chi connectivity index (χ2n) is 5.84. The van der Waals surface area contributed by atoms with Gasteiger partial charge in [0.1, 0.15) is 0 Å². The molecule has 5 heteroatoms. The Labute approximate surface area is 123 Å². The van der Waals surface area contributed by atoms with Crippen LogP contribution in [0.15, 0.2) is 0 Å². The van der Waals surface area contributed by atoms with Crippen molar-refractivity contribution in [1.82, 2.24) is 9.80 Å². The maximum atomic E-state index is 12.2. The molecule has 118 valence electrons. The van der Waals surface area contributed by atoms with Gasteiger partial charge >= 0.3 is 0 Å². The monoisotopic (exact) mass is 285 g/mol. The lowest BCUT2D eigenvalue weighted by atomic mass is 10.1. The van der Waals surface area contributed by atoms with E-state index in [-0.39, 0.29) is 5.91 Å². The lowest BCUT2D eigenvalue weighted by Crippen LogP contribution is -2.36. The van der Waals surface area contributed by atoms with Crippen molar-refractivity contribution in [3.8, 4) is 0 Å². The van der Waals surface area contributed by atoms with Gasteiger partial charge in [0.2, 0.25) is 5.91 Å². The molecular weight excluding hydrogens is 254 g/mol. The highest BCUT2D eigenvalue weighted by Gasteiger charge is 2.20. The van der Waals surface area contributed by atoms with E-state index in [1.807, 2.05) is 4.90 Å². The number of ether oxygens (including phenoxy) is 1. The van der Waals surface area contributed by atoms with Gasteiger partial charge in [-0.1, -0.05) is 6.92 Å². The summed E-state index contributed by atoms with van der Waals surface area (Å²) in [6.07, 6.45) is 3.93. The molecule has 1 aliphatic heterocycles. The van der Waals surface area contributed by atoms with E-state index < -0.39 is 0 Å². The van der Waals surface area contributed by atoms with Gasteiger partial charge in [0, 0.05) is 39.8 Å². The summed E-state index contributed by atoms with van der Waals surface area (Å²) in [4.78, 5) is 16.7. The number of nitrogens with zero attached hydrogens (tertiary/aromatic N) is 2. The minimum Gasteiger partial charge on any atom is -0.384 e. The second kappa shape index (κ2) is 10.1. The summed E-state index contributed by atoms with van der Waals surface area (Å²) in [5.74, 6) is 0.578. The summed E-state index contributed by atoms with van der Waals surface area (Å²) in [5.41, 5.74) is 5.53. The van der Waals surface area contributed by atoms with Crippen LogP contribution >= 0.6 is 0 Å². The van der Waals surface area contributed by atoms with E-state index >= 15 is 0 Å². The summed E-state index contributed by atoms with van der Waals surface area (Å²) in [6.45, 7) is 8.46. The van der Waals surface area contributed by atoms with Crippen molar-refractivity contribution >= 4 is 5.91 Å². The quantitative estimate of drug-likeness (QED) is 0.674. The van der Waals surface area contributed by atoms with Crippen LogP contribution < -0.4 is 5.73 Å². The molecule has 1 saturated heterocycles. The summed E-state index contributed by atoms with van der Waals surface area (Å²) >= 11 is 0. The van der Waals surface area contributed by atoms with Gasteiger partial charge in [-0.2, -0.15) is 0 Å². The number of hydrogen-bond acceptors (Lipinski definition) is 4. The molecule has 5 nitrogen and oxygen atoms in total. The van der Waals surface area contributed by atoms with Gasteiger partial charge in [0.15, 0.2) is 0 Å². The molecule has 1 heterocycles. The van der Waals surface area contributed by atoms with Gasteiger partial charge in [-0.05, 0) is 44.8 Å². The second-order valence-corrected chi connectivity index (χ2v) is 5.84. The van der Waals surface area contributed by atoms with E-state index in [9.17, 15) is 4.79 Å². The molecule has 0 aliphatic carbocycles. The predicted molar refractivity (Wildman–Crippen MR) is 81.6 cm³/mol. The molecule has 1 unspecified atom stereocenters. The topological polar surface area (TPSA) is 58.8 Å². The average Bonchev–Trinajstić information content (AvgIpc) is 2.65. The lowest BCUT2D eigenvalue weighted by Gasteiger charge is -2.23. The number of carbonyl (C=O) groups excluding carboxylic acids is 1. The Hall–Kier alpha value is -0.650. The molecule has 1 amide bonds. The first-order valence-electron chi connectivity index (χ1n) is 7.86. The summed E-state index contributed by atoms with van der Waals surface area (Å²) in [7, 11) is 1.69. The third-order valence-electron chi connectivity index (χ3n) is 3.84. The van der Waals surface area contributed by atoms with Crippen molar-refractivity contribution in [1.29, 1.82) is 0 Å². The van der Waals surface area contributed by atoms with Crippen LogP contribution in [0.2, 0.25) is 0 Å². The molecule has 1 rings (SSSR count). The largest absolute Gasteiger partial charge is 0.384 e. The van der Waals surface area contributed by atoms with Gasteiger partial charge in [-0.25, -0.2) is 0 Å². The fraction of sp³-hybridized carbons (Fsp3) is 0.933. The maximum absolute atomic E-state index is 12.2. The van der Waals surface area contributed by atoms with Crippen LogP contribution in [0, 0.1) is 5.92 Å². The zero-order valence-corrected chi connectivity index (χ0v) is 13.1. The molecule has 0 bridgehead atoms. The standard InChI is InChI=1S/C15H31N3O2/c1-14(13-20-2)12-15(19)18-9-5-8-17(10-11-18)7-4-3-6-16/h14H,3-13,16H2,1-2H3. The Morgan fingerprint density at radius 1 is 1.25 bits per heavy atom. The molecule has 0 aromatic heterocycles. The van der Waals surface area contributed by atoms with E-state index in [0.29, 0.717) is 18.9 Å². The van der Waals surface area contributed by atoms with E-state index in [1.54, 1.807) is 7.11 Å². The first-order valence-corrected chi connectivity index (χ1v) is 7.86. The fourth-order valence-electron chi connectivity index (χ4n) is 2.69. The summed E-state index contributed by atoms with van der Waals surface area (Å²) < 4.78 is 5.10. The Morgan fingerprint density at radius 3 is 2.75 bits per heavy atom. The zero-order chi connectivity index (χ0) is 14.8. The molecule has 2 N–H and O–H groups in total. The fourth-order valence-corrected chi connectivity index (χ4v) is 2.69. The number of methoxy groups -OCH3 is 1. The minimum atomic E-state index is 0.276. The van der Waals surface area contributed by atoms with Crippen molar-refractivity contribution in [3.05, 3.63) is 0 Å². The van der Waals surface area contributed by atoms with E-state index in [0.717, 1.165) is 58.5 Å². The van der Waals surface area contributed by atoms with Crippen LogP contribution in [0.5, 0.6) is 0 Å². The maximum Gasteiger partial charge on any atom is 0.222 e. The summed E-state index contributed by atoms with van der Waals surface area (Å²) in [6, 6.07) is 0. The highest BCUT2D eigenvalue weighted by Crippen LogP contribution is 2.10. The molecule has 0 aromatic carbocycles. The molecule has 0 spiro atoms. The molecular formula is C15H31N3O2. The number of carbonyl (C=O) groups is 1. The van der Waals surface area contributed by atoms with Crippen molar-refractivity contribution in [2.24, 2.45) is 11.7 Å². The average molecular weight is 285 g/mol. The predicted octanol–water partition coefficient (Wildman–Crippen LogP) is 0.932. The van der Waals surface area contributed by atoms with Gasteiger partial charge in [0.25, 0.3) is 0 Å². The van der Waals surface area contributed by atoms with Crippen LogP contribution in [-0.4, -0.2) is 68.7 Å². The van der Waals surface area contributed by atoms with Crippen LogP contribution in [0.3, 0.4) is 0 Å². The van der Waals surface area contributed by atoms with Gasteiger partial charge in [0.05, 0.1) is 0 Å². The van der Waals surface area contributed by atoms with Crippen LogP contribution in [-0.2, 0) is 9.53 Å². The number of unbranched alkanes of at least 4 members (excludes halogenated alkanes) is 1. The van der Waals surface area contributed by atoms with Crippen molar-refractivity contribution in [3.63, 3.8) is 0 Å². The van der Waals surface area contributed by atoms with Crippen LogP contribution in [0.1, 0.15) is 32.6 Å². The number of hydrogen-bond donors (Lipinski definition) is 1. The third kappa shape index (κ3) is 6.68. The SMILES string of the molecule is COCC(C)CC(=O)N1CCCN(CCCCN)CC1. The van der Waals surface area contributed by atoms with Gasteiger partial charge in [-0.3, -0.25) is 4.79 Å². The Kier molecular flexibility index (Phi) is 8.82. The molecule has 1 fully saturated rings. The van der Waals surface area contributed by atoms with Gasteiger partial charge < -0.3 is 20.3 Å². The lowest BCUT2D eigenvalue weighted by molar-refractivity contribution is -0.132. The van der Waals surface area contributed by atoms with E-state index in [2.05, 4.69) is 11.8 Å². The Morgan fingerprint density at radius 2 is 2.05 bits per heavy atom. The number of rotatable bonds is 8. The van der Waals surface area contributed by atoms with Crippen molar-refractivity contribution in [2.75, 3.05) is 53.0 Å². The minimum absolute atomic E-state index is 0.276. The molecule has 1 atom stereocenters. The highest BCUT2D eigenvalue weighted by molar-refractivity contribution is 5.76. The number of nitrogens with two attached hydrogens (primary N) is 1. The first kappa shape index (κ1) is 17.4. The van der Waals surface area contributed by atoms with E-state index in [4.69, 9.17) is 10.5 Å². The Balaban J connectivity index is 2.29. The van der Waals surface area contributed by atoms with Gasteiger partial charge in [-0.15, -0.1) is 0 Å². The molecule has 1 aliphatic rings. The van der Waals surface area contributed by atoms with E-state index in [1.165, 1.54) is 0 Å². The summed E-state index contributed by atoms with van der Waals surface area (Å²) in [5, 5.41) is 0. The highest BCUT2D eigenvalue weighted by atomic mass is 16.5. The van der Waals surface area contributed by atoms with Crippen LogP contribution in [0.25, 0.3) is 0 Å². The molecule has 0 saturated carbocycles. The molecule has 0 aromatic rings. The zero-order valence-electron chi connectivity index (χ0n) is 13.1. The first-order chi connectivity index (χ1) is 9.67. The van der Waals surface area contributed by atoms with Crippen LogP contribution in [0.4, 0.5) is 0 Å². The molecule has 0 radical (unpaired) electrons. The normalized spacial score (nSPS) is 18.9. The van der Waals surface area contributed by atoms with Crippen molar-refractivity contribution in [2.45, 2.75) is 32.6 Å². The van der Waals surface area contributed by atoms with Crippen molar-refractivity contribution < 1.29 is 9.53 Å².